The highest BCUT2D eigenvalue weighted by molar-refractivity contribution is 9.10. The fourth-order valence-electron chi connectivity index (χ4n) is 6.53. The van der Waals surface area contributed by atoms with Crippen LogP contribution in [0.15, 0.2) is 59.1 Å². The molecule has 1 unspecified atom stereocenters. The number of benzene rings is 2. The number of hydrogen-bond donors (Lipinski definition) is 1. The van der Waals surface area contributed by atoms with Gasteiger partial charge in [0.05, 0.1) is 0 Å². The molecule has 4 bridgehead atoms. The van der Waals surface area contributed by atoms with E-state index >= 15 is 0 Å². The number of nitrogens with one attached hydrogen (secondary N) is 1. The van der Waals surface area contributed by atoms with Crippen LogP contribution in [0.2, 0.25) is 0 Å². The maximum Gasteiger partial charge on any atom is 0.226 e. The van der Waals surface area contributed by atoms with Crippen LogP contribution in [-0.2, 0) is 4.79 Å². The van der Waals surface area contributed by atoms with Crippen LogP contribution in [0.5, 0.6) is 5.75 Å². The molecular weight excluding hydrogens is 438 g/mol. The lowest BCUT2D eigenvalue weighted by atomic mass is 9.49. The van der Waals surface area contributed by atoms with E-state index in [2.05, 4.69) is 33.4 Å². The maximum atomic E-state index is 13.3. The lowest BCUT2D eigenvalue weighted by molar-refractivity contribution is -0.146. The van der Waals surface area contributed by atoms with Crippen molar-refractivity contribution in [2.24, 2.45) is 23.2 Å². The second kappa shape index (κ2) is 8.37. The predicted molar refractivity (Wildman–Crippen MR) is 122 cm³/mol. The molecule has 0 heterocycles. The van der Waals surface area contributed by atoms with Gasteiger partial charge in [0.2, 0.25) is 5.91 Å². The maximum absolute atomic E-state index is 13.3. The highest BCUT2D eigenvalue weighted by Crippen LogP contribution is 2.60. The van der Waals surface area contributed by atoms with Gasteiger partial charge in [-0.3, -0.25) is 4.79 Å². The van der Waals surface area contributed by atoms with E-state index in [9.17, 15) is 4.79 Å². The molecule has 4 aliphatic carbocycles. The largest absolute Gasteiger partial charge is 0.486 e. The first kappa shape index (κ1) is 20.1. The van der Waals surface area contributed by atoms with Crippen molar-refractivity contribution < 1.29 is 9.53 Å². The third kappa shape index (κ3) is 4.16. The third-order valence-electron chi connectivity index (χ3n) is 7.48. The monoisotopic (exact) mass is 467 g/mol. The average molecular weight is 468 g/mol. The van der Waals surface area contributed by atoms with Crippen LogP contribution in [0.3, 0.4) is 0 Å². The average Bonchev–Trinajstić information content (AvgIpc) is 2.74. The Balaban J connectivity index is 1.23. The molecule has 4 heteroatoms. The van der Waals surface area contributed by atoms with Crippen LogP contribution >= 0.6 is 15.9 Å². The molecule has 1 N–H and O–H groups in total. The summed E-state index contributed by atoms with van der Waals surface area (Å²) >= 11 is 3.48. The van der Waals surface area contributed by atoms with Gasteiger partial charge in [-0.2, -0.15) is 0 Å². The zero-order valence-corrected chi connectivity index (χ0v) is 18.9. The summed E-state index contributed by atoms with van der Waals surface area (Å²) in [6.07, 6.45) is 8.12. The Labute approximate surface area is 187 Å². The Hall–Kier alpha value is -1.81. The second-order valence-electron chi connectivity index (χ2n) is 9.71. The van der Waals surface area contributed by atoms with Gasteiger partial charge in [0.15, 0.2) is 0 Å². The molecule has 4 saturated carbocycles. The van der Waals surface area contributed by atoms with Crippen LogP contribution in [0.25, 0.3) is 0 Å². The fraction of sp³-hybridized carbons (Fsp3) is 0.500. The minimum Gasteiger partial charge on any atom is -0.486 e. The zero-order chi connectivity index (χ0) is 20.6. The Morgan fingerprint density at radius 3 is 2.17 bits per heavy atom. The van der Waals surface area contributed by atoms with Gasteiger partial charge >= 0.3 is 0 Å². The molecule has 30 heavy (non-hydrogen) atoms. The first-order valence-corrected chi connectivity index (χ1v) is 12.1. The Bertz CT molecular complexity index is 844. The molecule has 1 amide bonds. The van der Waals surface area contributed by atoms with Gasteiger partial charge < -0.3 is 10.1 Å². The van der Waals surface area contributed by atoms with Crippen molar-refractivity contribution in [1.82, 2.24) is 5.32 Å². The minimum absolute atomic E-state index is 0.0796. The zero-order valence-electron chi connectivity index (χ0n) is 17.4. The number of carbonyl (C=O) groups is 1. The molecule has 1 atom stereocenters. The first-order valence-electron chi connectivity index (χ1n) is 11.4. The summed E-state index contributed by atoms with van der Waals surface area (Å²) in [4.78, 5) is 13.3. The quantitative estimate of drug-likeness (QED) is 0.519. The molecule has 0 radical (unpaired) electrons. The van der Waals surface area contributed by atoms with Crippen LogP contribution in [-0.4, -0.2) is 12.5 Å². The Morgan fingerprint density at radius 2 is 1.57 bits per heavy atom. The summed E-state index contributed by atoms with van der Waals surface area (Å²) in [5.41, 5.74) is 1.06. The predicted octanol–water partition coefficient (Wildman–Crippen LogP) is 6.29. The summed E-state index contributed by atoms with van der Waals surface area (Å²) in [6.45, 7) is 0.649. The molecule has 0 aliphatic heterocycles. The standard InChI is InChI=1S/C26H30BrNO2/c27-22-6-8-23(9-7-22)30-24(21-4-2-1-3-5-21)10-11-28-25(29)26-15-18-12-19(16-26)14-20(13-18)17-26/h1-9,18-20,24H,10-17H2,(H,28,29). The summed E-state index contributed by atoms with van der Waals surface area (Å²) in [5.74, 6) is 3.52. The van der Waals surface area contributed by atoms with E-state index in [4.69, 9.17) is 4.74 Å². The second-order valence-corrected chi connectivity index (χ2v) is 10.6. The van der Waals surface area contributed by atoms with Crippen LogP contribution in [0.4, 0.5) is 0 Å². The number of halogens is 1. The number of amides is 1. The molecule has 3 nitrogen and oxygen atoms in total. The van der Waals surface area contributed by atoms with Gasteiger partial charge in [-0.05, 0) is 86.1 Å². The van der Waals surface area contributed by atoms with E-state index < -0.39 is 0 Å². The van der Waals surface area contributed by atoms with Gasteiger partial charge in [-0.25, -0.2) is 0 Å². The normalized spacial score (nSPS) is 30.1. The topological polar surface area (TPSA) is 38.3 Å². The smallest absolute Gasteiger partial charge is 0.226 e. The van der Waals surface area contributed by atoms with Crippen molar-refractivity contribution in [2.75, 3.05) is 6.54 Å². The van der Waals surface area contributed by atoms with Gasteiger partial charge in [0, 0.05) is 22.9 Å². The minimum atomic E-state index is -0.0798. The molecule has 2 aromatic rings. The third-order valence-corrected chi connectivity index (χ3v) is 8.00. The van der Waals surface area contributed by atoms with Gasteiger partial charge in [0.25, 0.3) is 0 Å². The van der Waals surface area contributed by atoms with E-state index in [1.807, 2.05) is 42.5 Å². The van der Waals surface area contributed by atoms with Crippen molar-refractivity contribution in [2.45, 2.75) is 51.0 Å². The molecule has 4 fully saturated rings. The SMILES string of the molecule is O=C(NCCC(Oc1ccc(Br)cc1)c1ccccc1)C12CC3CC(CC(C3)C1)C2. The van der Waals surface area contributed by atoms with Crippen molar-refractivity contribution in [3.05, 3.63) is 64.6 Å². The summed E-state index contributed by atoms with van der Waals surface area (Å²) < 4.78 is 7.35. The number of ether oxygens (including phenoxy) is 1. The van der Waals surface area contributed by atoms with E-state index in [0.29, 0.717) is 12.5 Å². The lowest BCUT2D eigenvalue weighted by Crippen LogP contribution is -2.53. The summed E-state index contributed by atoms with van der Waals surface area (Å²) in [7, 11) is 0. The first-order chi connectivity index (χ1) is 14.6. The fourth-order valence-corrected chi connectivity index (χ4v) is 6.80. The Kier molecular flexibility index (Phi) is 5.61. The summed E-state index contributed by atoms with van der Waals surface area (Å²) in [5, 5.41) is 3.31. The summed E-state index contributed by atoms with van der Waals surface area (Å²) in [6, 6.07) is 18.3. The number of hydrogen-bond acceptors (Lipinski definition) is 2. The molecule has 0 spiro atoms. The van der Waals surface area contributed by atoms with Crippen molar-refractivity contribution in [3.63, 3.8) is 0 Å². The van der Waals surface area contributed by atoms with Crippen LogP contribution < -0.4 is 10.1 Å². The van der Waals surface area contributed by atoms with E-state index in [1.165, 1.54) is 19.3 Å². The van der Waals surface area contributed by atoms with E-state index in [0.717, 1.165) is 59.2 Å². The van der Waals surface area contributed by atoms with E-state index in [-0.39, 0.29) is 11.5 Å². The van der Waals surface area contributed by atoms with E-state index in [1.54, 1.807) is 0 Å². The van der Waals surface area contributed by atoms with Gasteiger partial charge in [0.1, 0.15) is 11.9 Å². The number of rotatable bonds is 7. The van der Waals surface area contributed by atoms with Gasteiger partial charge in [-0.15, -0.1) is 0 Å². The molecule has 158 valence electrons. The van der Waals surface area contributed by atoms with Crippen molar-refractivity contribution >= 4 is 21.8 Å². The van der Waals surface area contributed by atoms with Crippen molar-refractivity contribution in [1.29, 1.82) is 0 Å². The highest BCUT2D eigenvalue weighted by atomic mass is 79.9. The molecule has 6 rings (SSSR count). The Morgan fingerprint density at radius 1 is 0.967 bits per heavy atom. The van der Waals surface area contributed by atoms with Crippen LogP contribution in [0, 0.1) is 23.2 Å². The molecule has 0 aromatic heterocycles. The molecule has 0 saturated heterocycles. The molecule has 2 aromatic carbocycles. The van der Waals surface area contributed by atoms with Crippen molar-refractivity contribution in [3.8, 4) is 5.75 Å². The molecular formula is C26H30BrNO2. The molecule has 4 aliphatic rings. The van der Waals surface area contributed by atoms with Gasteiger partial charge in [-0.1, -0.05) is 46.3 Å². The highest BCUT2D eigenvalue weighted by Gasteiger charge is 2.54. The van der Waals surface area contributed by atoms with Crippen LogP contribution in [0.1, 0.15) is 56.6 Å². The lowest BCUT2D eigenvalue weighted by Gasteiger charge is -2.55. The number of carbonyl (C=O) groups excluding carboxylic acids is 1.